The summed E-state index contributed by atoms with van der Waals surface area (Å²) in [5, 5.41) is 0. The van der Waals surface area contributed by atoms with E-state index in [9.17, 15) is 0 Å². The molecule has 0 radical (unpaired) electrons. The Labute approximate surface area is 119 Å². The highest BCUT2D eigenvalue weighted by Crippen LogP contribution is 2.19. The molecule has 0 rings (SSSR count). The molecule has 0 aliphatic carbocycles. The van der Waals surface area contributed by atoms with E-state index in [0.717, 1.165) is 12.8 Å². The smallest absolute Gasteiger partial charge is 0.101 e. The molecule has 0 heterocycles. The second kappa shape index (κ2) is 9.23. The lowest BCUT2D eigenvalue weighted by Crippen LogP contribution is -3.00. The molecule has 0 saturated heterocycles. The van der Waals surface area contributed by atoms with Crippen LogP contribution in [-0.4, -0.2) is 5.54 Å². The Morgan fingerprint density at radius 1 is 1.00 bits per heavy atom. The van der Waals surface area contributed by atoms with Gasteiger partial charge in [0.15, 0.2) is 0 Å². The molecule has 0 aromatic heterocycles. The van der Waals surface area contributed by atoms with Crippen molar-refractivity contribution >= 4 is 0 Å². The zero-order valence-electron chi connectivity index (χ0n) is 11.6. The Kier molecular flexibility index (Phi) is 10.7. The molecule has 0 aliphatic heterocycles. The fraction of sp³-hybridized carbons (Fsp3) is 0.714. The molecule has 3 N–H and O–H groups in total. The Hall–Kier alpha value is 0.170. The van der Waals surface area contributed by atoms with Crippen LogP contribution in [0.1, 0.15) is 60.3 Å². The van der Waals surface area contributed by atoms with Crippen LogP contribution < -0.4 is 29.7 Å². The van der Waals surface area contributed by atoms with Gasteiger partial charge in [0.05, 0.1) is 0 Å². The highest BCUT2D eigenvalue weighted by Gasteiger charge is 2.25. The van der Waals surface area contributed by atoms with Crippen LogP contribution in [0.3, 0.4) is 0 Å². The molecule has 0 spiro atoms. The largest absolute Gasteiger partial charge is 1.00 e. The molecule has 0 aromatic rings. The monoisotopic (exact) mass is 337 g/mol. The van der Waals surface area contributed by atoms with Gasteiger partial charge in [-0.05, 0) is 27.7 Å². The van der Waals surface area contributed by atoms with Gasteiger partial charge in [-0.2, -0.15) is 0 Å². The van der Waals surface area contributed by atoms with Gasteiger partial charge in [0, 0.05) is 19.3 Å². The summed E-state index contributed by atoms with van der Waals surface area (Å²) in [5.74, 6) is 0. The maximum Gasteiger partial charge on any atom is 0.101 e. The summed E-state index contributed by atoms with van der Waals surface area (Å²) in [6.45, 7) is 10.9. The predicted octanol–water partition coefficient (Wildman–Crippen LogP) is 0.484. The average molecular weight is 337 g/mol. The Morgan fingerprint density at radius 2 is 1.38 bits per heavy atom. The first-order chi connectivity index (χ1) is 6.89. The molecule has 0 saturated carbocycles. The second-order valence-corrected chi connectivity index (χ2v) is 5.22. The summed E-state index contributed by atoms with van der Waals surface area (Å²) >= 11 is 0. The van der Waals surface area contributed by atoms with E-state index in [-0.39, 0.29) is 29.5 Å². The minimum atomic E-state index is 0. The van der Waals surface area contributed by atoms with Crippen molar-refractivity contribution < 1.29 is 29.7 Å². The van der Waals surface area contributed by atoms with Crippen LogP contribution in [0, 0.1) is 0 Å². The first-order valence-corrected chi connectivity index (χ1v) is 6.02. The van der Waals surface area contributed by atoms with Crippen LogP contribution in [0.15, 0.2) is 23.3 Å². The lowest BCUT2D eigenvalue weighted by molar-refractivity contribution is -0.478. The van der Waals surface area contributed by atoms with E-state index in [0.29, 0.717) is 0 Å². The Balaban J connectivity index is 0. The standard InChI is InChI=1S/C14H27N.HI/c1-6-9-14(15,10-7-12(2)3)11-8-13(4)5;/h7-8H,6,9-11,15H2,1-5H3;1H. The van der Waals surface area contributed by atoms with Crippen LogP contribution in [0.5, 0.6) is 0 Å². The van der Waals surface area contributed by atoms with E-state index in [4.69, 9.17) is 0 Å². The van der Waals surface area contributed by atoms with E-state index in [2.05, 4.69) is 52.5 Å². The molecule has 0 fully saturated rings. The van der Waals surface area contributed by atoms with Crippen LogP contribution in [0.25, 0.3) is 0 Å². The van der Waals surface area contributed by atoms with Crippen molar-refractivity contribution in [2.75, 3.05) is 0 Å². The molecule has 0 atom stereocenters. The Morgan fingerprint density at radius 3 is 1.62 bits per heavy atom. The number of halogens is 1. The van der Waals surface area contributed by atoms with Gasteiger partial charge in [0.2, 0.25) is 0 Å². The fourth-order valence-corrected chi connectivity index (χ4v) is 1.66. The molecule has 0 bridgehead atoms. The third-order valence-electron chi connectivity index (χ3n) is 2.67. The van der Waals surface area contributed by atoms with Crippen molar-refractivity contribution in [3.8, 4) is 0 Å². The summed E-state index contributed by atoms with van der Waals surface area (Å²) in [5.41, 5.74) is 7.42. The van der Waals surface area contributed by atoms with E-state index in [1.165, 1.54) is 24.0 Å². The van der Waals surface area contributed by atoms with Gasteiger partial charge in [-0.3, -0.25) is 0 Å². The molecular formula is C14H28IN. The highest BCUT2D eigenvalue weighted by atomic mass is 127. The zero-order valence-corrected chi connectivity index (χ0v) is 13.7. The van der Waals surface area contributed by atoms with Crippen molar-refractivity contribution in [2.45, 2.75) is 65.8 Å². The first-order valence-electron chi connectivity index (χ1n) is 6.02. The summed E-state index contributed by atoms with van der Waals surface area (Å²) in [6, 6.07) is 0. The van der Waals surface area contributed by atoms with Crippen LogP contribution >= 0.6 is 0 Å². The topological polar surface area (TPSA) is 27.6 Å². The van der Waals surface area contributed by atoms with E-state index >= 15 is 0 Å². The predicted molar refractivity (Wildman–Crippen MR) is 68.6 cm³/mol. The van der Waals surface area contributed by atoms with Crippen molar-refractivity contribution in [3.63, 3.8) is 0 Å². The molecule has 1 nitrogen and oxygen atoms in total. The summed E-state index contributed by atoms with van der Waals surface area (Å²) in [4.78, 5) is 0. The van der Waals surface area contributed by atoms with E-state index < -0.39 is 0 Å². The van der Waals surface area contributed by atoms with Crippen molar-refractivity contribution in [2.24, 2.45) is 0 Å². The molecule has 96 valence electrons. The zero-order chi connectivity index (χ0) is 11.9. The molecule has 0 amide bonds. The minimum Gasteiger partial charge on any atom is -1.00 e. The highest BCUT2D eigenvalue weighted by molar-refractivity contribution is 5.02. The van der Waals surface area contributed by atoms with Gasteiger partial charge in [-0.15, -0.1) is 0 Å². The average Bonchev–Trinajstić information content (AvgIpc) is 2.13. The molecule has 0 unspecified atom stereocenters. The van der Waals surface area contributed by atoms with Crippen molar-refractivity contribution in [1.82, 2.24) is 0 Å². The SMILES string of the molecule is CCCC([NH3+])(CC=C(C)C)CC=C(C)C.[I-]. The normalized spacial score (nSPS) is 10.4. The van der Waals surface area contributed by atoms with Crippen molar-refractivity contribution in [1.29, 1.82) is 0 Å². The van der Waals surface area contributed by atoms with Gasteiger partial charge in [0.1, 0.15) is 5.54 Å². The van der Waals surface area contributed by atoms with Gasteiger partial charge < -0.3 is 29.7 Å². The third-order valence-corrected chi connectivity index (χ3v) is 2.67. The fourth-order valence-electron chi connectivity index (χ4n) is 1.66. The number of hydrogen-bond acceptors (Lipinski definition) is 0. The van der Waals surface area contributed by atoms with E-state index in [1.54, 1.807) is 0 Å². The summed E-state index contributed by atoms with van der Waals surface area (Å²) in [6.07, 6.45) is 9.28. The van der Waals surface area contributed by atoms with Gasteiger partial charge in [-0.1, -0.05) is 36.6 Å². The maximum atomic E-state index is 4.41. The van der Waals surface area contributed by atoms with Gasteiger partial charge >= 0.3 is 0 Å². The van der Waals surface area contributed by atoms with Crippen LogP contribution in [0.4, 0.5) is 0 Å². The minimum absolute atomic E-state index is 0. The maximum absolute atomic E-state index is 4.41. The van der Waals surface area contributed by atoms with Gasteiger partial charge in [-0.25, -0.2) is 0 Å². The quantitative estimate of drug-likeness (QED) is 0.540. The summed E-state index contributed by atoms with van der Waals surface area (Å²) in [7, 11) is 0. The second-order valence-electron chi connectivity index (χ2n) is 5.22. The summed E-state index contributed by atoms with van der Waals surface area (Å²) < 4.78 is 0. The molecule has 0 aliphatic rings. The third kappa shape index (κ3) is 9.40. The molecular weight excluding hydrogens is 309 g/mol. The Bertz CT molecular complexity index is 213. The molecule has 16 heavy (non-hydrogen) atoms. The molecule has 0 aromatic carbocycles. The number of quaternary nitrogens is 1. The lowest BCUT2D eigenvalue weighted by atomic mass is 9.86. The van der Waals surface area contributed by atoms with Gasteiger partial charge in [0.25, 0.3) is 0 Å². The number of hydrogen-bond donors (Lipinski definition) is 1. The van der Waals surface area contributed by atoms with E-state index in [1.807, 2.05) is 0 Å². The molecule has 2 heteroatoms. The lowest BCUT2D eigenvalue weighted by Gasteiger charge is -2.23. The van der Waals surface area contributed by atoms with Crippen molar-refractivity contribution in [3.05, 3.63) is 23.3 Å². The first kappa shape index (κ1) is 18.5. The van der Waals surface area contributed by atoms with Crippen LogP contribution in [0.2, 0.25) is 0 Å². The number of rotatable bonds is 6. The van der Waals surface area contributed by atoms with Crippen LogP contribution in [-0.2, 0) is 0 Å². The number of allylic oxidation sites excluding steroid dienone is 2.